The number of fused-ring (bicyclic) bond motifs is 1. The zero-order valence-electron chi connectivity index (χ0n) is 23.7. The van der Waals surface area contributed by atoms with Crippen molar-refractivity contribution in [3.8, 4) is 5.75 Å². The molecule has 1 aliphatic rings. The number of anilines is 1. The molecule has 0 spiro atoms. The minimum absolute atomic E-state index is 0.171. The van der Waals surface area contributed by atoms with Gasteiger partial charge in [-0.15, -0.1) is 0 Å². The van der Waals surface area contributed by atoms with Crippen molar-refractivity contribution >= 4 is 29.5 Å². The lowest BCUT2D eigenvalue weighted by Gasteiger charge is -2.27. The SMILES string of the molecule is O=C(O)CC(NC(=O)C[C@@H]1NC(=O)c2cc(NC(=O)NCc3ccccc3)ccc2O[C@@H]1c1ccccc1)c1ccccc1. The zero-order valence-corrected chi connectivity index (χ0v) is 23.7. The Kier molecular flexibility index (Phi) is 9.51. The Hall–Kier alpha value is -5.64. The van der Waals surface area contributed by atoms with Gasteiger partial charge in [-0.2, -0.15) is 0 Å². The van der Waals surface area contributed by atoms with Crippen LogP contribution in [0.4, 0.5) is 10.5 Å². The Labute approximate surface area is 254 Å². The van der Waals surface area contributed by atoms with Crippen LogP contribution in [0.5, 0.6) is 5.75 Å². The first-order chi connectivity index (χ1) is 21.4. The molecule has 0 fully saturated rings. The van der Waals surface area contributed by atoms with Gasteiger partial charge >= 0.3 is 12.0 Å². The fourth-order valence-corrected chi connectivity index (χ4v) is 5.05. The Bertz CT molecular complexity index is 1620. The van der Waals surface area contributed by atoms with Gasteiger partial charge < -0.3 is 31.1 Å². The largest absolute Gasteiger partial charge is 0.483 e. The minimum Gasteiger partial charge on any atom is -0.483 e. The zero-order chi connectivity index (χ0) is 30.9. The molecule has 1 heterocycles. The molecule has 0 radical (unpaired) electrons. The maximum Gasteiger partial charge on any atom is 0.319 e. The third-order valence-corrected chi connectivity index (χ3v) is 7.16. The minimum atomic E-state index is -1.05. The van der Waals surface area contributed by atoms with Crippen molar-refractivity contribution in [2.45, 2.75) is 37.6 Å². The highest BCUT2D eigenvalue weighted by Crippen LogP contribution is 2.34. The third-order valence-electron chi connectivity index (χ3n) is 7.16. The van der Waals surface area contributed by atoms with Crippen LogP contribution < -0.4 is 26.0 Å². The van der Waals surface area contributed by atoms with E-state index in [0.29, 0.717) is 23.5 Å². The van der Waals surface area contributed by atoms with Crippen LogP contribution in [0.25, 0.3) is 0 Å². The second-order valence-corrected chi connectivity index (χ2v) is 10.4. The number of carboxylic acid groups (broad SMARTS) is 1. The molecule has 0 bridgehead atoms. The van der Waals surface area contributed by atoms with Crippen LogP contribution in [0, 0.1) is 0 Å². The number of carboxylic acids is 1. The van der Waals surface area contributed by atoms with Crippen LogP contribution >= 0.6 is 0 Å². The average molecular weight is 593 g/mol. The van der Waals surface area contributed by atoms with Gasteiger partial charge in [-0.1, -0.05) is 91.0 Å². The van der Waals surface area contributed by atoms with Gasteiger partial charge in [0.2, 0.25) is 5.91 Å². The average Bonchev–Trinajstić information content (AvgIpc) is 3.16. The number of aliphatic carboxylic acids is 1. The van der Waals surface area contributed by atoms with Gasteiger partial charge in [0.1, 0.15) is 11.9 Å². The fourth-order valence-electron chi connectivity index (χ4n) is 5.05. The molecule has 10 nitrogen and oxygen atoms in total. The number of hydrogen-bond acceptors (Lipinski definition) is 5. The van der Waals surface area contributed by atoms with Crippen molar-refractivity contribution in [1.29, 1.82) is 0 Å². The molecule has 1 aliphatic heterocycles. The Morgan fingerprint density at radius 3 is 2.20 bits per heavy atom. The van der Waals surface area contributed by atoms with Gasteiger partial charge in [0.15, 0.2) is 0 Å². The van der Waals surface area contributed by atoms with Gasteiger partial charge in [-0.3, -0.25) is 14.4 Å². The van der Waals surface area contributed by atoms with Crippen molar-refractivity contribution in [3.63, 3.8) is 0 Å². The number of urea groups is 1. The molecule has 0 aromatic heterocycles. The molecule has 4 amide bonds. The fraction of sp³-hybridized carbons (Fsp3) is 0.176. The summed E-state index contributed by atoms with van der Waals surface area (Å²) in [4.78, 5) is 50.9. The third kappa shape index (κ3) is 7.80. The Morgan fingerprint density at radius 2 is 1.52 bits per heavy atom. The molecule has 5 N–H and O–H groups in total. The van der Waals surface area contributed by atoms with Crippen LogP contribution in [0.15, 0.2) is 109 Å². The summed E-state index contributed by atoms with van der Waals surface area (Å²) >= 11 is 0. The van der Waals surface area contributed by atoms with E-state index in [1.807, 2.05) is 66.7 Å². The summed E-state index contributed by atoms with van der Waals surface area (Å²) in [6.07, 6.45) is -1.20. The summed E-state index contributed by atoms with van der Waals surface area (Å²) in [5.74, 6) is -1.68. The maximum atomic E-state index is 13.5. The van der Waals surface area contributed by atoms with Gasteiger partial charge in [0.25, 0.3) is 5.91 Å². The van der Waals surface area contributed by atoms with E-state index in [4.69, 9.17) is 4.74 Å². The summed E-state index contributed by atoms with van der Waals surface area (Å²) in [5.41, 5.74) is 2.93. The van der Waals surface area contributed by atoms with Crippen LogP contribution in [0.3, 0.4) is 0 Å². The van der Waals surface area contributed by atoms with Gasteiger partial charge in [-0.05, 0) is 34.9 Å². The lowest BCUT2D eigenvalue weighted by atomic mass is 9.98. The van der Waals surface area contributed by atoms with E-state index in [1.54, 1.807) is 36.4 Å². The normalized spacial score (nSPS) is 16.2. The highest BCUT2D eigenvalue weighted by atomic mass is 16.5. The topological polar surface area (TPSA) is 146 Å². The maximum absolute atomic E-state index is 13.5. The molecule has 0 saturated carbocycles. The smallest absolute Gasteiger partial charge is 0.319 e. The summed E-state index contributed by atoms with van der Waals surface area (Å²) in [6, 6.07) is 30.3. The molecule has 3 atom stereocenters. The first kappa shape index (κ1) is 29.8. The summed E-state index contributed by atoms with van der Waals surface area (Å²) in [6.45, 7) is 0.335. The summed E-state index contributed by atoms with van der Waals surface area (Å²) in [7, 11) is 0. The predicted molar refractivity (Wildman–Crippen MR) is 164 cm³/mol. The number of carbonyl (C=O) groups excluding carboxylic acids is 3. The van der Waals surface area contributed by atoms with E-state index < -0.39 is 42.0 Å². The number of ether oxygens (including phenoxy) is 1. The van der Waals surface area contributed by atoms with E-state index >= 15 is 0 Å². The molecule has 5 rings (SSSR count). The van der Waals surface area contributed by atoms with Crippen LogP contribution in [0.1, 0.15) is 52.0 Å². The van der Waals surface area contributed by atoms with Crippen LogP contribution in [-0.2, 0) is 16.1 Å². The number of nitrogens with one attached hydrogen (secondary N) is 4. The standard InChI is InChI=1S/C34H32N4O6/c39-30(37-27(20-31(40)41)23-12-6-2-7-13-23)19-28-32(24-14-8-3-9-15-24)44-29-17-16-25(18-26(29)33(42)38-28)36-34(43)35-21-22-10-4-1-5-11-22/h1-18,27-28,32H,19-21H2,(H,37,39)(H,38,42)(H,40,41)(H2,35,36,43)/t27?,28-,32+/m0/s1. The molecular formula is C34H32N4O6. The van der Waals surface area contributed by atoms with Crippen molar-refractivity contribution in [2.75, 3.05) is 5.32 Å². The van der Waals surface area contributed by atoms with Gasteiger partial charge in [-0.25, -0.2) is 4.79 Å². The molecule has 224 valence electrons. The van der Waals surface area contributed by atoms with Crippen molar-refractivity contribution < 1.29 is 29.0 Å². The van der Waals surface area contributed by atoms with Crippen molar-refractivity contribution in [2.24, 2.45) is 0 Å². The van der Waals surface area contributed by atoms with E-state index in [1.165, 1.54) is 6.07 Å². The highest BCUT2D eigenvalue weighted by Gasteiger charge is 2.34. The Morgan fingerprint density at radius 1 is 0.864 bits per heavy atom. The second kappa shape index (κ2) is 14.0. The molecule has 4 aromatic rings. The molecule has 0 saturated heterocycles. The lowest BCUT2D eigenvalue weighted by molar-refractivity contribution is -0.137. The number of amides is 4. The predicted octanol–water partition coefficient (Wildman–Crippen LogP) is 4.96. The van der Waals surface area contributed by atoms with Gasteiger partial charge in [0.05, 0.1) is 30.5 Å². The van der Waals surface area contributed by atoms with Crippen molar-refractivity contribution in [1.82, 2.24) is 16.0 Å². The second-order valence-electron chi connectivity index (χ2n) is 10.4. The molecule has 10 heteroatoms. The van der Waals surface area contributed by atoms with E-state index in [9.17, 15) is 24.3 Å². The lowest BCUT2D eigenvalue weighted by Crippen LogP contribution is -2.43. The number of carbonyl (C=O) groups is 4. The van der Waals surface area contributed by atoms with Crippen molar-refractivity contribution in [3.05, 3.63) is 131 Å². The number of hydrogen-bond donors (Lipinski definition) is 5. The number of benzene rings is 4. The first-order valence-corrected chi connectivity index (χ1v) is 14.2. The summed E-state index contributed by atoms with van der Waals surface area (Å²) < 4.78 is 6.36. The summed E-state index contributed by atoms with van der Waals surface area (Å²) in [5, 5.41) is 20.7. The van der Waals surface area contributed by atoms with E-state index in [2.05, 4.69) is 21.3 Å². The molecule has 44 heavy (non-hydrogen) atoms. The molecule has 1 unspecified atom stereocenters. The molecular weight excluding hydrogens is 560 g/mol. The van der Waals surface area contributed by atoms with Crippen LogP contribution in [-0.4, -0.2) is 35.0 Å². The highest BCUT2D eigenvalue weighted by molar-refractivity contribution is 6.00. The monoisotopic (exact) mass is 592 g/mol. The van der Waals surface area contributed by atoms with E-state index in [-0.39, 0.29) is 18.4 Å². The quantitative estimate of drug-likeness (QED) is 0.176. The molecule has 4 aromatic carbocycles. The Balaban J connectivity index is 1.33. The first-order valence-electron chi connectivity index (χ1n) is 14.2. The van der Waals surface area contributed by atoms with Crippen LogP contribution in [0.2, 0.25) is 0 Å². The van der Waals surface area contributed by atoms with E-state index in [0.717, 1.165) is 11.1 Å². The molecule has 0 aliphatic carbocycles. The van der Waals surface area contributed by atoms with Gasteiger partial charge in [0, 0.05) is 12.2 Å². The number of rotatable bonds is 10.